The van der Waals surface area contributed by atoms with Crippen LogP contribution in [0.5, 0.6) is 11.5 Å². The van der Waals surface area contributed by atoms with Crippen LogP contribution in [0.2, 0.25) is 0 Å². The van der Waals surface area contributed by atoms with Crippen molar-refractivity contribution >= 4 is 15.9 Å². The van der Waals surface area contributed by atoms with Gasteiger partial charge in [0.15, 0.2) is 0 Å². The third kappa shape index (κ3) is 2.76. The summed E-state index contributed by atoms with van der Waals surface area (Å²) in [5.41, 5.74) is 4.49. The van der Waals surface area contributed by atoms with Crippen LogP contribution >= 0.6 is 15.9 Å². The van der Waals surface area contributed by atoms with E-state index in [1.54, 1.807) is 14.2 Å². The van der Waals surface area contributed by atoms with Gasteiger partial charge in [0.25, 0.3) is 0 Å². The summed E-state index contributed by atoms with van der Waals surface area (Å²) in [6.07, 6.45) is 0. The molecule has 0 amide bonds. The fourth-order valence-electron chi connectivity index (χ4n) is 2.26. The van der Waals surface area contributed by atoms with Gasteiger partial charge in [-0.05, 0) is 49.2 Å². The van der Waals surface area contributed by atoms with Gasteiger partial charge in [0.1, 0.15) is 11.5 Å². The summed E-state index contributed by atoms with van der Waals surface area (Å²) in [4.78, 5) is 0. The van der Waals surface area contributed by atoms with E-state index in [0.29, 0.717) is 0 Å². The number of hydrogen-bond acceptors (Lipinski definition) is 2. The Morgan fingerprint density at radius 1 is 0.895 bits per heavy atom. The van der Waals surface area contributed by atoms with Gasteiger partial charge in [0, 0.05) is 15.6 Å². The third-order valence-corrected chi connectivity index (χ3v) is 3.78. The topological polar surface area (TPSA) is 18.5 Å². The van der Waals surface area contributed by atoms with E-state index in [9.17, 15) is 0 Å². The van der Waals surface area contributed by atoms with Crippen molar-refractivity contribution < 1.29 is 9.47 Å². The Balaban J connectivity index is 2.70. The largest absolute Gasteiger partial charge is 0.497 e. The number of hydrogen-bond donors (Lipinski definition) is 0. The second-order valence-electron chi connectivity index (χ2n) is 4.51. The van der Waals surface area contributed by atoms with Crippen LogP contribution < -0.4 is 9.47 Å². The summed E-state index contributed by atoms with van der Waals surface area (Å²) in [7, 11) is 3.38. The molecule has 0 aromatic heterocycles. The summed E-state index contributed by atoms with van der Waals surface area (Å²) in [6, 6.07) is 10.2. The first kappa shape index (κ1) is 13.9. The lowest BCUT2D eigenvalue weighted by molar-refractivity contribution is 0.412. The van der Waals surface area contributed by atoms with Gasteiger partial charge in [-0.15, -0.1) is 0 Å². The van der Waals surface area contributed by atoms with Crippen LogP contribution in [0.15, 0.2) is 34.8 Å². The molecule has 0 saturated heterocycles. The summed E-state index contributed by atoms with van der Waals surface area (Å²) >= 11 is 3.60. The zero-order valence-corrected chi connectivity index (χ0v) is 13.2. The van der Waals surface area contributed by atoms with Gasteiger partial charge in [-0.2, -0.15) is 0 Å². The molecule has 2 aromatic carbocycles. The van der Waals surface area contributed by atoms with Crippen molar-refractivity contribution in [1.29, 1.82) is 0 Å². The Kier molecular flexibility index (Phi) is 4.15. The predicted molar refractivity (Wildman–Crippen MR) is 82.2 cm³/mol. The van der Waals surface area contributed by atoms with Crippen molar-refractivity contribution in [2.75, 3.05) is 14.2 Å². The molecule has 0 atom stereocenters. The third-order valence-electron chi connectivity index (χ3n) is 3.09. The van der Waals surface area contributed by atoms with Gasteiger partial charge >= 0.3 is 0 Å². The number of halogens is 1. The van der Waals surface area contributed by atoms with Crippen LogP contribution in [0.1, 0.15) is 11.1 Å². The maximum Gasteiger partial charge on any atom is 0.129 e. The summed E-state index contributed by atoms with van der Waals surface area (Å²) in [5.74, 6) is 1.74. The van der Waals surface area contributed by atoms with Crippen molar-refractivity contribution in [3.8, 4) is 22.6 Å². The molecule has 2 nitrogen and oxygen atoms in total. The van der Waals surface area contributed by atoms with E-state index in [2.05, 4.69) is 41.9 Å². The Bertz CT molecular complexity index is 606. The molecule has 0 aliphatic rings. The molecule has 100 valence electrons. The fourth-order valence-corrected chi connectivity index (χ4v) is 2.72. The molecule has 0 unspecified atom stereocenters. The summed E-state index contributed by atoms with van der Waals surface area (Å²) < 4.78 is 11.9. The minimum atomic E-state index is 0.833. The van der Waals surface area contributed by atoms with E-state index in [1.807, 2.05) is 18.2 Å². The van der Waals surface area contributed by atoms with E-state index >= 15 is 0 Å². The Morgan fingerprint density at radius 2 is 1.63 bits per heavy atom. The highest BCUT2D eigenvalue weighted by molar-refractivity contribution is 9.10. The minimum absolute atomic E-state index is 0.833. The van der Waals surface area contributed by atoms with Crippen molar-refractivity contribution in [3.63, 3.8) is 0 Å². The molecule has 0 saturated carbocycles. The van der Waals surface area contributed by atoms with Crippen molar-refractivity contribution in [2.24, 2.45) is 0 Å². The average Bonchev–Trinajstić information content (AvgIpc) is 2.38. The smallest absolute Gasteiger partial charge is 0.129 e. The SMILES string of the molecule is COc1ccc(Br)c(-c2cc(C)cc(C)c2OC)c1. The fraction of sp³-hybridized carbons (Fsp3) is 0.250. The number of benzene rings is 2. The first-order valence-electron chi connectivity index (χ1n) is 6.06. The molecular weight excluding hydrogens is 304 g/mol. The monoisotopic (exact) mass is 320 g/mol. The normalized spacial score (nSPS) is 10.4. The van der Waals surface area contributed by atoms with Gasteiger partial charge in [-0.1, -0.05) is 22.0 Å². The van der Waals surface area contributed by atoms with Gasteiger partial charge in [0.2, 0.25) is 0 Å². The molecule has 3 heteroatoms. The van der Waals surface area contributed by atoms with Crippen LogP contribution in [0.3, 0.4) is 0 Å². The summed E-state index contributed by atoms with van der Waals surface area (Å²) in [6.45, 7) is 4.15. The number of ether oxygens (including phenoxy) is 2. The minimum Gasteiger partial charge on any atom is -0.497 e. The highest BCUT2D eigenvalue weighted by Gasteiger charge is 2.13. The molecule has 0 radical (unpaired) electrons. The van der Waals surface area contributed by atoms with E-state index in [1.165, 1.54) is 5.56 Å². The van der Waals surface area contributed by atoms with E-state index in [0.717, 1.165) is 32.7 Å². The van der Waals surface area contributed by atoms with Gasteiger partial charge in [-0.3, -0.25) is 0 Å². The van der Waals surface area contributed by atoms with Gasteiger partial charge < -0.3 is 9.47 Å². The lowest BCUT2D eigenvalue weighted by atomic mass is 9.99. The molecule has 0 spiro atoms. The highest BCUT2D eigenvalue weighted by atomic mass is 79.9. The first-order chi connectivity index (χ1) is 9.06. The van der Waals surface area contributed by atoms with E-state index < -0.39 is 0 Å². The van der Waals surface area contributed by atoms with Gasteiger partial charge in [-0.25, -0.2) is 0 Å². The van der Waals surface area contributed by atoms with Crippen molar-refractivity contribution in [2.45, 2.75) is 13.8 Å². The lowest BCUT2D eigenvalue weighted by Gasteiger charge is -2.15. The van der Waals surface area contributed by atoms with E-state index in [4.69, 9.17) is 9.47 Å². The Morgan fingerprint density at radius 3 is 2.26 bits per heavy atom. The number of methoxy groups -OCH3 is 2. The van der Waals surface area contributed by atoms with Crippen LogP contribution in [0.4, 0.5) is 0 Å². The quantitative estimate of drug-likeness (QED) is 0.812. The Hall–Kier alpha value is -1.48. The predicted octanol–water partition coefficient (Wildman–Crippen LogP) is 4.75. The number of rotatable bonds is 3. The van der Waals surface area contributed by atoms with Crippen molar-refractivity contribution in [3.05, 3.63) is 45.9 Å². The molecule has 0 heterocycles. The zero-order valence-electron chi connectivity index (χ0n) is 11.6. The zero-order chi connectivity index (χ0) is 14.0. The Labute approximate surface area is 122 Å². The average molecular weight is 321 g/mol. The van der Waals surface area contributed by atoms with Crippen LogP contribution in [0, 0.1) is 13.8 Å². The lowest BCUT2D eigenvalue weighted by Crippen LogP contribution is -1.94. The second kappa shape index (κ2) is 5.66. The van der Waals surface area contributed by atoms with Gasteiger partial charge in [0.05, 0.1) is 14.2 Å². The maximum atomic E-state index is 5.55. The highest BCUT2D eigenvalue weighted by Crippen LogP contribution is 2.39. The van der Waals surface area contributed by atoms with Crippen LogP contribution in [-0.4, -0.2) is 14.2 Å². The molecule has 0 fully saturated rings. The second-order valence-corrected chi connectivity index (χ2v) is 5.36. The standard InChI is InChI=1S/C16H17BrO2/c1-10-7-11(2)16(19-4)14(8-10)13-9-12(18-3)5-6-15(13)17/h5-9H,1-4H3. The number of aryl methyl sites for hydroxylation is 2. The molecule has 0 aliphatic heterocycles. The molecule has 2 rings (SSSR count). The van der Waals surface area contributed by atoms with Crippen molar-refractivity contribution in [1.82, 2.24) is 0 Å². The molecular formula is C16H17BrO2. The van der Waals surface area contributed by atoms with E-state index in [-0.39, 0.29) is 0 Å². The molecule has 0 N–H and O–H groups in total. The molecule has 0 aliphatic carbocycles. The molecule has 19 heavy (non-hydrogen) atoms. The molecule has 2 aromatic rings. The van der Waals surface area contributed by atoms with Crippen LogP contribution in [-0.2, 0) is 0 Å². The first-order valence-corrected chi connectivity index (χ1v) is 6.85. The van der Waals surface area contributed by atoms with Crippen LogP contribution in [0.25, 0.3) is 11.1 Å². The maximum absolute atomic E-state index is 5.55. The molecule has 0 bridgehead atoms. The summed E-state index contributed by atoms with van der Waals surface area (Å²) in [5, 5.41) is 0.